The topological polar surface area (TPSA) is 47.6 Å². The van der Waals surface area contributed by atoms with Crippen LogP contribution in [0.15, 0.2) is 41.3 Å². The molecule has 0 unspecified atom stereocenters. The van der Waals surface area contributed by atoms with Crippen LogP contribution in [0.5, 0.6) is 11.5 Å². The van der Waals surface area contributed by atoms with Crippen LogP contribution in [0, 0.1) is 0 Å². The lowest BCUT2D eigenvalue weighted by Crippen LogP contribution is -2.14. The van der Waals surface area contributed by atoms with Crippen LogP contribution in [0.4, 0.5) is 5.69 Å². The van der Waals surface area contributed by atoms with Gasteiger partial charge in [0.15, 0.2) is 11.5 Å². The van der Waals surface area contributed by atoms with Gasteiger partial charge in [-0.2, -0.15) is 0 Å². The number of benzene rings is 2. The molecular weight excluding hydrogens is 369 g/mol. The molecule has 0 aliphatic carbocycles. The summed E-state index contributed by atoms with van der Waals surface area (Å²) in [6.45, 7) is 1.24. The highest BCUT2D eigenvalue weighted by Gasteiger charge is 2.12. The van der Waals surface area contributed by atoms with Crippen molar-refractivity contribution in [1.82, 2.24) is 0 Å². The lowest BCUT2D eigenvalue weighted by molar-refractivity contribution is -0.113. The Morgan fingerprint density at radius 2 is 1.88 bits per heavy atom. The minimum absolute atomic E-state index is 0.134. The zero-order valence-corrected chi connectivity index (χ0v) is 15.0. The minimum Gasteiger partial charge on any atom is -0.490 e. The molecule has 0 bridgehead atoms. The van der Waals surface area contributed by atoms with Gasteiger partial charge in [0.05, 0.1) is 24.0 Å². The Morgan fingerprint density at radius 1 is 1.08 bits per heavy atom. The SMILES string of the molecule is O=C(CSc1cc(Cl)ccc1Cl)Nc1ccc2c(c1)OCCCO2. The van der Waals surface area contributed by atoms with Gasteiger partial charge in [0, 0.05) is 28.1 Å². The molecule has 1 amide bonds. The van der Waals surface area contributed by atoms with Gasteiger partial charge >= 0.3 is 0 Å². The summed E-state index contributed by atoms with van der Waals surface area (Å²) in [5.41, 5.74) is 0.669. The Labute approximate surface area is 154 Å². The van der Waals surface area contributed by atoms with E-state index < -0.39 is 0 Å². The van der Waals surface area contributed by atoms with E-state index in [1.54, 1.807) is 36.4 Å². The molecule has 1 N–H and O–H groups in total. The predicted molar refractivity (Wildman–Crippen MR) is 97.9 cm³/mol. The molecule has 2 aromatic carbocycles. The Bertz CT molecular complexity index is 755. The fraction of sp³-hybridized carbons (Fsp3) is 0.235. The van der Waals surface area contributed by atoms with Crippen LogP contribution in [0.1, 0.15) is 6.42 Å². The third-order valence-electron chi connectivity index (χ3n) is 3.28. The number of fused-ring (bicyclic) bond motifs is 1. The van der Waals surface area contributed by atoms with Gasteiger partial charge in [-0.15, -0.1) is 11.8 Å². The second-order valence-electron chi connectivity index (χ2n) is 5.12. The fourth-order valence-corrected chi connectivity index (χ4v) is 3.46. The van der Waals surface area contributed by atoms with E-state index in [0.29, 0.717) is 40.4 Å². The van der Waals surface area contributed by atoms with Crippen molar-refractivity contribution in [3.05, 3.63) is 46.4 Å². The molecule has 4 nitrogen and oxygen atoms in total. The molecule has 0 radical (unpaired) electrons. The molecule has 2 aromatic rings. The molecule has 0 saturated carbocycles. The number of halogens is 2. The number of carbonyl (C=O) groups excluding carboxylic acids is 1. The van der Waals surface area contributed by atoms with Gasteiger partial charge in [-0.05, 0) is 30.3 Å². The van der Waals surface area contributed by atoms with E-state index in [0.717, 1.165) is 11.3 Å². The molecule has 1 heterocycles. The number of ether oxygens (including phenoxy) is 2. The first-order chi connectivity index (χ1) is 11.6. The van der Waals surface area contributed by atoms with Gasteiger partial charge in [-0.3, -0.25) is 4.79 Å². The summed E-state index contributed by atoms with van der Waals surface area (Å²) >= 11 is 13.4. The third kappa shape index (κ3) is 4.50. The standard InChI is InChI=1S/C17H15Cl2NO3S/c18-11-2-4-13(19)16(8-11)24-10-17(21)20-12-3-5-14-15(9-12)23-7-1-6-22-14/h2-5,8-9H,1,6-7,10H2,(H,20,21). The largest absolute Gasteiger partial charge is 0.490 e. The Kier molecular flexibility index (Phi) is 5.76. The Morgan fingerprint density at radius 3 is 2.71 bits per heavy atom. The summed E-state index contributed by atoms with van der Waals surface area (Å²) in [6.07, 6.45) is 0.841. The number of hydrogen-bond acceptors (Lipinski definition) is 4. The first-order valence-electron chi connectivity index (χ1n) is 7.39. The van der Waals surface area contributed by atoms with Gasteiger partial charge in [0.2, 0.25) is 5.91 Å². The van der Waals surface area contributed by atoms with E-state index in [4.69, 9.17) is 32.7 Å². The first kappa shape index (κ1) is 17.3. The molecule has 24 heavy (non-hydrogen) atoms. The van der Waals surface area contributed by atoms with Crippen molar-refractivity contribution in [2.24, 2.45) is 0 Å². The van der Waals surface area contributed by atoms with Crippen molar-refractivity contribution >= 4 is 46.6 Å². The van der Waals surface area contributed by atoms with E-state index in [9.17, 15) is 4.79 Å². The summed E-state index contributed by atoms with van der Waals surface area (Å²) in [4.78, 5) is 12.9. The summed E-state index contributed by atoms with van der Waals surface area (Å²) in [6, 6.07) is 10.5. The molecule has 126 valence electrons. The molecule has 0 saturated heterocycles. The van der Waals surface area contributed by atoms with E-state index in [1.165, 1.54) is 11.8 Å². The van der Waals surface area contributed by atoms with Gasteiger partial charge in [0.1, 0.15) is 0 Å². The molecule has 0 spiro atoms. The summed E-state index contributed by atoms with van der Waals surface area (Å²) < 4.78 is 11.2. The van der Waals surface area contributed by atoms with Crippen molar-refractivity contribution in [2.75, 3.05) is 24.3 Å². The van der Waals surface area contributed by atoms with E-state index >= 15 is 0 Å². The maximum atomic E-state index is 12.1. The number of hydrogen-bond donors (Lipinski definition) is 1. The molecule has 0 aromatic heterocycles. The van der Waals surface area contributed by atoms with E-state index in [2.05, 4.69) is 5.32 Å². The average Bonchev–Trinajstić information content (AvgIpc) is 2.80. The van der Waals surface area contributed by atoms with Crippen LogP contribution in [0.3, 0.4) is 0 Å². The normalized spacial score (nSPS) is 13.2. The van der Waals surface area contributed by atoms with Gasteiger partial charge in [-0.25, -0.2) is 0 Å². The lowest BCUT2D eigenvalue weighted by atomic mass is 10.2. The first-order valence-corrected chi connectivity index (χ1v) is 9.13. The number of anilines is 1. The molecule has 1 aliphatic heterocycles. The molecule has 3 rings (SSSR count). The van der Waals surface area contributed by atoms with Crippen molar-refractivity contribution < 1.29 is 14.3 Å². The highest BCUT2D eigenvalue weighted by molar-refractivity contribution is 8.00. The van der Waals surface area contributed by atoms with Crippen LogP contribution >= 0.6 is 35.0 Å². The van der Waals surface area contributed by atoms with Crippen molar-refractivity contribution in [1.29, 1.82) is 0 Å². The van der Waals surface area contributed by atoms with Gasteiger partial charge < -0.3 is 14.8 Å². The van der Waals surface area contributed by atoms with Crippen LogP contribution in [-0.2, 0) is 4.79 Å². The summed E-state index contributed by atoms with van der Waals surface area (Å²) in [5, 5.41) is 4.01. The monoisotopic (exact) mass is 383 g/mol. The second-order valence-corrected chi connectivity index (χ2v) is 6.98. The quantitative estimate of drug-likeness (QED) is 0.763. The smallest absolute Gasteiger partial charge is 0.234 e. The molecular formula is C17H15Cl2NO3S. The van der Waals surface area contributed by atoms with Crippen LogP contribution < -0.4 is 14.8 Å². The highest BCUT2D eigenvalue weighted by Crippen LogP contribution is 2.33. The van der Waals surface area contributed by atoms with E-state index in [1.807, 2.05) is 0 Å². The number of amides is 1. The summed E-state index contributed by atoms with van der Waals surface area (Å²) in [7, 11) is 0. The number of rotatable bonds is 4. The van der Waals surface area contributed by atoms with Crippen LogP contribution in [0.2, 0.25) is 10.0 Å². The maximum Gasteiger partial charge on any atom is 0.234 e. The van der Waals surface area contributed by atoms with Crippen molar-refractivity contribution in [2.45, 2.75) is 11.3 Å². The van der Waals surface area contributed by atoms with Crippen LogP contribution in [-0.4, -0.2) is 24.9 Å². The van der Waals surface area contributed by atoms with Gasteiger partial charge in [-0.1, -0.05) is 23.2 Å². The molecule has 0 atom stereocenters. The number of thioether (sulfide) groups is 1. The third-order valence-corrected chi connectivity index (χ3v) is 5.02. The number of carbonyl (C=O) groups is 1. The number of nitrogens with one attached hydrogen (secondary N) is 1. The highest BCUT2D eigenvalue weighted by atomic mass is 35.5. The zero-order chi connectivity index (χ0) is 16.9. The Hall–Kier alpha value is -1.56. The average molecular weight is 384 g/mol. The molecule has 0 fully saturated rings. The lowest BCUT2D eigenvalue weighted by Gasteiger charge is -2.10. The predicted octanol–water partition coefficient (Wildman–Crippen LogP) is 4.89. The van der Waals surface area contributed by atoms with E-state index in [-0.39, 0.29) is 11.7 Å². The van der Waals surface area contributed by atoms with Crippen LogP contribution in [0.25, 0.3) is 0 Å². The maximum absolute atomic E-state index is 12.1. The van der Waals surface area contributed by atoms with Crippen molar-refractivity contribution in [3.63, 3.8) is 0 Å². The second kappa shape index (κ2) is 8.01. The molecule has 1 aliphatic rings. The summed E-state index contributed by atoms with van der Waals surface area (Å²) in [5.74, 6) is 1.45. The van der Waals surface area contributed by atoms with Gasteiger partial charge in [0.25, 0.3) is 0 Å². The fourth-order valence-electron chi connectivity index (χ4n) is 2.17. The zero-order valence-electron chi connectivity index (χ0n) is 12.7. The Balaban J connectivity index is 1.60. The molecule has 7 heteroatoms. The minimum atomic E-state index is -0.134. The van der Waals surface area contributed by atoms with Crippen molar-refractivity contribution in [3.8, 4) is 11.5 Å².